The molecule has 2 saturated heterocycles. The fourth-order valence-corrected chi connectivity index (χ4v) is 5.96. The molecule has 3 aromatic rings. The molecule has 3 aliphatic rings. The maximum absolute atomic E-state index is 14.3. The highest BCUT2D eigenvalue weighted by Crippen LogP contribution is 2.35. The molecule has 10 heteroatoms. The SMILES string of the molecule is CCN1CCCCOc2ccc(F)cc2C(=O)N2CCCCC2c2cc3nc(N4CCC(N)C4)cc1n3n2. The van der Waals surface area contributed by atoms with Crippen LogP contribution in [0.3, 0.4) is 0 Å². The van der Waals surface area contributed by atoms with Crippen LogP contribution in [-0.2, 0) is 0 Å². The minimum absolute atomic E-state index is 0.152. The Hall–Kier alpha value is -3.40. The van der Waals surface area contributed by atoms with Crippen molar-refractivity contribution >= 4 is 23.2 Å². The molecule has 9 nitrogen and oxygen atoms in total. The highest BCUT2D eigenvalue weighted by Gasteiger charge is 2.33. The first-order valence-electron chi connectivity index (χ1n) is 13.9. The molecule has 2 unspecified atom stereocenters. The molecule has 5 heterocycles. The molecular formula is C28H36FN7O2. The predicted molar refractivity (Wildman–Crippen MR) is 144 cm³/mol. The van der Waals surface area contributed by atoms with E-state index in [1.807, 2.05) is 15.5 Å². The average Bonchev–Trinajstić information content (AvgIpc) is 3.56. The van der Waals surface area contributed by atoms with Gasteiger partial charge in [0.25, 0.3) is 5.91 Å². The van der Waals surface area contributed by atoms with E-state index in [1.165, 1.54) is 12.1 Å². The summed E-state index contributed by atoms with van der Waals surface area (Å²) >= 11 is 0. The molecule has 2 atom stereocenters. The van der Waals surface area contributed by atoms with Gasteiger partial charge >= 0.3 is 0 Å². The number of hydrogen-bond donors (Lipinski definition) is 1. The highest BCUT2D eigenvalue weighted by atomic mass is 19.1. The number of halogens is 1. The minimum Gasteiger partial charge on any atom is -0.493 e. The van der Waals surface area contributed by atoms with Gasteiger partial charge in [0, 0.05) is 50.9 Å². The van der Waals surface area contributed by atoms with Crippen LogP contribution in [-0.4, -0.2) is 70.8 Å². The Labute approximate surface area is 222 Å². The van der Waals surface area contributed by atoms with Gasteiger partial charge < -0.3 is 25.2 Å². The summed E-state index contributed by atoms with van der Waals surface area (Å²) in [6.07, 6.45) is 5.34. The summed E-state index contributed by atoms with van der Waals surface area (Å²) in [5.41, 5.74) is 8.07. The number of fused-ring (bicyclic) bond motifs is 4. The Bertz CT molecular complexity index is 1330. The topological polar surface area (TPSA) is 92.2 Å². The molecule has 2 aromatic heterocycles. The Morgan fingerprint density at radius 1 is 1.08 bits per heavy atom. The number of ether oxygens (including phenoxy) is 1. The summed E-state index contributed by atoms with van der Waals surface area (Å²) in [7, 11) is 0. The van der Waals surface area contributed by atoms with Crippen LogP contribution in [0.4, 0.5) is 16.0 Å². The van der Waals surface area contributed by atoms with Crippen molar-refractivity contribution < 1.29 is 13.9 Å². The molecule has 0 saturated carbocycles. The van der Waals surface area contributed by atoms with E-state index in [4.69, 9.17) is 20.6 Å². The van der Waals surface area contributed by atoms with E-state index in [1.54, 1.807) is 6.07 Å². The molecule has 2 fully saturated rings. The molecule has 6 rings (SSSR count). The summed E-state index contributed by atoms with van der Waals surface area (Å²) in [5, 5.41) is 5.05. The molecule has 3 aliphatic heterocycles. The standard InChI is InChI=1S/C28H36FN7O2/c1-2-33-11-5-6-14-38-24-9-8-19(29)15-21(24)28(37)35-12-4-3-7-23(35)22-16-26-31-25(17-27(33)36(26)32-22)34-13-10-20(30)18-34/h8-9,15-17,20,23H,2-7,10-14,18,30H2,1H3. The number of benzene rings is 1. The van der Waals surface area contributed by atoms with Gasteiger partial charge in [0.15, 0.2) is 5.65 Å². The normalized spacial score (nSPS) is 22.7. The predicted octanol–water partition coefficient (Wildman–Crippen LogP) is 3.77. The lowest BCUT2D eigenvalue weighted by Crippen LogP contribution is -2.39. The van der Waals surface area contributed by atoms with Crippen LogP contribution in [0.2, 0.25) is 0 Å². The van der Waals surface area contributed by atoms with Crippen LogP contribution < -0.4 is 20.3 Å². The monoisotopic (exact) mass is 521 g/mol. The van der Waals surface area contributed by atoms with Crippen LogP contribution in [0.25, 0.3) is 5.65 Å². The highest BCUT2D eigenvalue weighted by molar-refractivity contribution is 5.97. The maximum atomic E-state index is 14.3. The van der Waals surface area contributed by atoms with Crippen LogP contribution in [0.1, 0.15) is 67.5 Å². The largest absolute Gasteiger partial charge is 0.493 e. The van der Waals surface area contributed by atoms with Crippen LogP contribution >= 0.6 is 0 Å². The second-order valence-corrected chi connectivity index (χ2v) is 10.6. The van der Waals surface area contributed by atoms with Crippen LogP contribution in [0.15, 0.2) is 30.3 Å². The Morgan fingerprint density at radius 3 is 2.76 bits per heavy atom. The van der Waals surface area contributed by atoms with E-state index in [0.29, 0.717) is 18.9 Å². The van der Waals surface area contributed by atoms with E-state index in [2.05, 4.69) is 22.8 Å². The summed E-state index contributed by atoms with van der Waals surface area (Å²) in [4.78, 5) is 25.3. The molecule has 2 bridgehead atoms. The number of nitrogens with zero attached hydrogens (tertiary/aromatic N) is 6. The van der Waals surface area contributed by atoms with Crippen molar-refractivity contribution in [3.8, 4) is 5.75 Å². The van der Waals surface area contributed by atoms with E-state index in [0.717, 1.165) is 87.7 Å². The maximum Gasteiger partial charge on any atom is 0.258 e. The number of carbonyl (C=O) groups excluding carboxylic acids is 1. The van der Waals surface area contributed by atoms with Crippen LogP contribution in [0.5, 0.6) is 5.75 Å². The van der Waals surface area contributed by atoms with Crippen molar-refractivity contribution in [2.75, 3.05) is 49.1 Å². The number of nitrogens with two attached hydrogens (primary N) is 1. The van der Waals surface area contributed by atoms with Gasteiger partial charge in [-0.1, -0.05) is 0 Å². The molecular weight excluding hydrogens is 485 g/mol. The molecule has 0 aliphatic carbocycles. The Morgan fingerprint density at radius 2 is 1.95 bits per heavy atom. The van der Waals surface area contributed by atoms with Crippen molar-refractivity contribution in [1.82, 2.24) is 19.5 Å². The fraction of sp³-hybridized carbons (Fsp3) is 0.536. The number of carbonyl (C=O) groups is 1. The molecule has 38 heavy (non-hydrogen) atoms. The average molecular weight is 522 g/mol. The van der Waals surface area contributed by atoms with Gasteiger partial charge in [0.05, 0.1) is 23.9 Å². The first-order valence-corrected chi connectivity index (χ1v) is 13.9. The van der Waals surface area contributed by atoms with Gasteiger partial charge in [0.2, 0.25) is 0 Å². The van der Waals surface area contributed by atoms with Gasteiger partial charge in [-0.05, 0) is 63.6 Å². The molecule has 1 aromatic carbocycles. The minimum atomic E-state index is -0.443. The number of rotatable bonds is 2. The van der Waals surface area contributed by atoms with Crippen LogP contribution in [0, 0.1) is 5.82 Å². The fourth-order valence-electron chi connectivity index (χ4n) is 5.96. The lowest BCUT2D eigenvalue weighted by molar-refractivity contribution is 0.0601. The summed E-state index contributed by atoms with van der Waals surface area (Å²) in [6, 6.07) is 8.31. The van der Waals surface area contributed by atoms with Crippen molar-refractivity contribution in [2.45, 2.75) is 57.5 Å². The zero-order valence-corrected chi connectivity index (χ0v) is 22.0. The lowest BCUT2D eigenvalue weighted by atomic mass is 9.98. The zero-order chi connectivity index (χ0) is 26.2. The lowest BCUT2D eigenvalue weighted by Gasteiger charge is -2.35. The van der Waals surface area contributed by atoms with Gasteiger partial charge in [0.1, 0.15) is 23.2 Å². The molecule has 0 spiro atoms. The number of anilines is 2. The second kappa shape index (κ2) is 10.4. The van der Waals surface area contributed by atoms with E-state index >= 15 is 0 Å². The second-order valence-electron chi connectivity index (χ2n) is 10.6. The Kier molecular flexibility index (Phi) is 6.82. The van der Waals surface area contributed by atoms with E-state index in [9.17, 15) is 9.18 Å². The van der Waals surface area contributed by atoms with Crippen molar-refractivity contribution in [2.24, 2.45) is 5.73 Å². The number of amides is 1. The molecule has 2 N–H and O–H groups in total. The summed E-state index contributed by atoms with van der Waals surface area (Å²) in [6.45, 7) is 6.52. The van der Waals surface area contributed by atoms with Gasteiger partial charge in [-0.2, -0.15) is 9.61 Å². The quantitative estimate of drug-likeness (QED) is 0.549. The van der Waals surface area contributed by atoms with Crippen molar-refractivity contribution in [3.63, 3.8) is 0 Å². The Balaban J connectivity index is 1.47. The van der Waals surface area contributed by atoms with Gasteiger partial charge in [-0.15, -0.1) is 0 Å². The smallest absolute Gasteiger partial charge is 0.258 e. The molecule has 202 valence electrons. The summed E-state index contributed by atoms with van der Waals surface area (Å²) in [5.74, 6) is 1.69. The number of hydrogen-bond acceptors (Lipinski definition) is 7. The summed E-state index contributed by atoms with van der Waals surface area (Å²) < 4.78 is 22.3. The van der Waals surface area contributed by atoms with Crippen molar-refractivity contribution in [1.29, 1.82) is 0 Å². The third-order valence-electron chi connectivity index (χ3n) is 8.03. The number of piperidine rings is 1. The third-order valence-corrected chi connectivity index (χ3v) is 8.03. The van der Waals surface area contributed by atoms with Gasteiger partial charge in [-0.25, -0.2) is 9.37 Å². The molecule has 1 amide bonds. The number of aromatic nitrogens is 3. The van der Waals surface area contributed by atoms with E-state index in [-0.39, 0.29) is 23.6 Å². The first kappa shape index (κ1) is 24.9. The van der Waals surface area contributed by atoms with Gasteiger partial charge in [-0.3, -0.25) is 4.79 Å². The zero-order valence-electron chi connectivity index (χ0n) is 22.0. The van der Waals surface area contributed by atoms with E-state index < -0.39 is 5.82 Å². The molecule has 0 radical (unpaired) electrons. The third kappa shape index (κ3) is 4.66. The first-order chi connectivity index (χ1) is 18.5. The van der Waals surface area contributed by atoms with Crippen molar-refractivity contribution in [3.05, 3.63) is 47.4 Å².